The molecule has 148 valence electrons. The van der Waals surface area contributed by atoms with Crippen molar-refractivity contribution >= 4 is 39.1 Å². The van der Waals surface area contributed by atoms with Crippen LogP contribution in [0.2, 0.25) is 0 Å². The number of carbonyl (C=O) groups excluding carboxylic acids is 2. The Balaban J connectivity index is 1.37. The fourth-order valence-electron chi connectivity index (χ4n) is 4.52. The molecule has 2 saturated heterocycles. The molecule has 3 heterocycles. The molecule has 0 radical (unpaired) electrons. The highest BCUT2D eigenvalue weighted by molar-refractivity contribution is 7.18. The number of hydrogen-bond acceptors (Lipinski definition) is 5. The topological polar surface area (TPSA) is 53.5 Å². The Bertz CT molecular complexity index is 1060. The minimum absolute atomic E-state index is 0.0887. The van der Waals surface area contributed by atoms with Crippen LogP contribution in [0.3, 0.4) is 0 Å². The van der Waals surface area contributed by atoms with E-state index in [0.717, 1.165) is 42.0 Å². The Morgan fingerprint density at radius 3 is 2.69 bits per heavy atom. The highest BCUT2D eigenvalue weighted by Gasteiger charge is 2.44. The van der Waals surface area contributed by atoms with Crippen molar-refractivity contribution in [1.82, 2.24) is 9.88 Å². The van der Waals surface area contributed by atoms with Crippen molar-refractivity contribution in [1.29, 1.82) is 0 Å². The molecule has 1 aromatic heterocycles. The van der Waals surface area contributed by atoms with Gasteiger partial charge in [-0.05, 0) is 50.1 Å². The standard InChI is InChI=1S/C23H23N3O2S/c1-15-7-2-4-10-18(15)26-21(27)13-19(23(26)28)25-12-6-8-16(14-25)22-24-17-9-3-5-11-20(17)29-22/h2-5,7,9-11,16,19H,6,8,12-14H2,1H3/t16-,19+/m1/s1. The van der Waals surface area contributed by atoms with E-state index in [1.54, 1.807) is 11.3 Å². The fraction of sp³-hybridized carbons (Fsp3) is 0.348. The van der Waals surface area contributed by atoms with Crippen LogP contribution in [0.4, 0.5) is 5.69 Å². The molecule has 2 fully saturated rings. The zero-order valence-corrected chi connectivity index (χ0v) is 17.2. The summed E-state index contributed by atoms with van der Waals surface area (Å²) in [4.78, 5) is 34.4. The quantitative estimate of drug-likeness (QED) is 0.615. The first-order chi connectivity index (χ1) is 14.1. The van der Waals surface area contributed by atoms with Crippen molar-refractivity contribution in [3.63, 3.8) is 0 Å². The highest BCUT2D eigenvalue weighted by Crippen LogP contribution is 2.35. The van der Waals surface area contributed by atoms with E-state index in [1.807, 2.05) is 43.3 Å². The third-order valence-electron chi connectivity index (χ3n) is 6.03. The third kappa shape index (κ3) is 3.26. The number of piperidine rings is 1. The Morgan fingerprint density at radius 2 is 1.86 bits per heavy atom. The van der Waals surface area contributed by atoms with Crippen LogP contribution in [-0.4, -0.2) is 40.8 Å². The van der Waals surface area contributed by atoms with Crippen LogP contribution >= 0.6 is 11.3 Å². The molecule has 0 saturated carbocycles. The van der Waals surface area contributed by atoms with Crippen molar-refractivity contribution in [2.24, 2.45) is 0 Å². The van der Waals surface area contributed by atoms with Crippen molar-refractivity contribution in [2.45, 2.75) is 38.1 Å². The summed E-state index contributed by atoms with van der Waals surface area (Å²) in [7, 11) is 0. The SMILES string of the molecule is Cc1ccccc1N1C(=O)C[C@H](N2CCC[C@@H](c3nc4ccccc4s3)C2)C1=O. The lowest BCUT2D eigenvalue weighted by atomic mass is 9.97. The summed E-state index contributed by atoms with van der Waals surface area (Å²) in [5.74, 6) is 0.127. The predicted octanol–water partition coefficient (Wildman–Crippen LogP) is 4.12. The molecule has 5 rings (SSSR count). The van der Waals surface area contributed by atoms with E-state index in [4.69, 9.17) is 4.98 Å². The van der Waals surface area contributed by atoms with Gasteiger partial charge < -0.3 is 0 Å². The Morgan fingerprint density at radius 1 is 1.07 bits per heavy atom. The van der Waals surface area contributed by atoms with Gasteiger partial charge in [-0.15, -0.1) is 11.3 Å². The van der Waals surface area contributed by atoms with Crippen LogP contribution in [0.25, 0.3) is 10.2 Å². The number of anilines is 1. The molecule has 0 unspecified atom stereocenters. The second-order valence-electron chi connectivity index (χ2n) is 7.93. The number of likely N-dealkylation sites (tertiary alicyclic amines) is 1. The van der Waals surface area contributed by atoms with Gasteiger partial charge in [-0.2, -0.15) is 0 Å². The van der Waals surface area contributed by atoms with E-state index in [9.17, 15) is 9.59 Å². The minimum Gasteiger partial charge on any atom is -0.291 e. The first-order valence-corrected chi connectivity index (χ1v) is 11.0. The van der Waals surface area contributed by atoms with Crippen LogP contribution in [0.1, 0.15) is 35.8 Å². The molecular formula is C23H23N3O2S. The number of hydrogen-bond donors (Lipinski definition) is 0. The number of rotatable bonds is 3. The van der Waals surface area contributed by atoms with Gasteiger partial charge in [-0.3, -0.25) is 14.5 Å². The Labute approximate surface area is 174 Å². The third-order valence-corrected chi connectivity index (χ3v) is 7.23. The van der Waals surface area contributed by atoms with E-state index in [1.165, 1.54) is 9.60 Å². The van der Waals surface area contributed by atoms with E-state index in [-0.39, 0.29) is 24.3 Å². The Kier molecular flexibility index (Phi) is 4.68. The van der Waals surface area contributed by atoms with E-state index >= 15 is 0 Å². The lowest BCUT2D eigenvalue weighted by molar-refractivity contribution is -0.123. The van der Waals surface area contributed by atoms with Crippen LogP contribution in [-0.2, 0) is 9.59 Å². The molecule has 2 aromatic carbocycles. The smallest absolute Gasteiger partial charge is 0.251 e. The largest absolute Gasteiger partial charge is 0.291 e. The van der Waals surface area contributed by atoms with Crippen LogP contribution < -0.4 is 4.90 Å². The normalized spacial score (nSPS) is 23.3. The van der Waals surface area contributed by atoms with Gasteiger partial charge in [0.2, 0.25) is 5.91 Å². The van der Waals surface area contributed by atoms with Gasteiger partial charge in [0, 0.05) is 12.5 Å². The van der Waals surface area contributed by atoms with Gasteiger partial charge in [0.05, 0.1) is 33.4 Å². The van der Waals surface area contributed by atoms with Crippen molar-refractivity contribution in [2.75, 3.05) is 18.0 Å². The zero-order chi connectivity index (χ0) is 20.0. The first kappa shape index (κ1) is 18.5. The molecule has 3 aromatic rings. The first-order valence-electron chi connectivity index (χ1n) is 10.1. The number of aryl methyl sites for hydroxylation is 1. The van der Waals surface area contributed by atoms with Crippen molar-refractivity contribution < 1.29 is 9.59 Å². The van der Waals surface area contributed by atoms with Crippen molar-refractivity contribution in [3.8, 4) is 0 Å². The van der Waals surface area contributed by atoms with Gasteiger partial charge in [-0.1, -0.05) is 30.3 Å². The maximum absolute atomic E-state index is 13.2. The number of nitrogens with zero attached hydrogens (tertiary/aromatic N) is 3. The molecule has 29 heavy (non-hydrogen) atoms. The average Bonchev–Trinajstić information content (AvgIpc) is 3.30. The summed E-state index contributed by atoms with van der Waals surface area (Å²) < 4.78 is 1.21. The number of carbonyl (C=O) groups is 2. The number of amides is 2. The summed E-state index contributed by atoms with van der Waals surface area (Å²) >= 11 is 1.75. The van der Waals surface area contributed by atoms with E-state index in [0.29, 0.717) is 11.6 Å². The van der Waals surface area contributed by atoms with E-state index < -0.39 is 0 Å². The number of aromatic nitrogens is 1. The summed E-state index contributed by atoms with van der Waals surface area (Å²) in [5.41, 5.74) is 2.70. The second kappa shape index (κ2) is 7.35. The molecule has 0 N–H and O–H groups in total. The lowest BCUT2D eigenvalue weighted by Gasteiger charge is -2.34. The van der Waals surface area contributed by atoms with Gasteiger partial charge in [0.15, 0.2) is 0 Å². The average molecular weight is 406 g/mol. The maximum Gasteiger partial charge on any atom is 0.251 e. The molecule has 6 heteroatoms. The molecule has 5 nitrogen and oxygen atoms in total. The van der Waals surface area contributed by atoms with E-state index in [2.05, 4.69) is 17.0 Å². The van der Waals surface area contributed by atoms with Gasteiger partial charge >= 0.3 is 0 Å². The molecule has 0 spiro atoms. The van der Waals surface area contributed by atoms with Gasteiger partial charge in [-0.25, -0.2) is 9.88 Å². The zero-order valence-electron chi connectivity index (χ0n) is 16.4. The predicted molar refractivity (Wildman–Crippen MR) is 115 cm³/mol. The minimum atomic E-state index is -0.362. The summed E-state index contributed by atoms with van der Waals surface area (Å²) in [5, 5.41) is 1.14. The molecule has 2 atom stereocenters. The van der Waals surface area contributed by atoms with Crippen LogP contribution in [0, 0.1) is 6.92 Å². The second-order valence-corrected chi connectivity index (χ2v) is 8.99. The van der Waals surface area contributed by atoms with Gasteiger partial charge in [0.1, 0.15) is 0 Å². The maximum atomic E-state index is 13.2. The Hall–Kier alpha value is -2.57. The summed E-state index contributed by atoms with van der Waals surface area (Å²) in [6.45, 7) is 3.57. The summed E-state index contributed by atoms with van der Waals surface area (Å²) in [6, 6.07) is 15.4. The number of fused-ring (bicyclic) bond motifs is 1. The highest BCUT2D eigenvalue weighted by atomic mass is 32.1. The van der Waals surface area contributed by atoms with Crippen molar-refractivity contribution in [3.05, 3.63) is 59.1 Å². The fourth-order valence-corrected chi connectivity index (χ4v) is 5.62. The lowest BCUT2D eigenvalue weighted by Crippen LogP contribution is -2.46. The molecule has 0 bridgehead atoms. The molecule has 2 aliphatic heterocycles. The monoisotopic (exact) mass is 405 g/mol. The van der Waals surface area contributed by atoms with Crippen LogP contribution in [0.5, 0.6) is 0 Å². The molecular weight excluding hydrogens is 382 g/mol. The molecule has 0 aliphatic carbocycles. The molecule has 2 aliphatic rings. The van der Waals surface area contributed by atoms with Gasteiger partial charge in [0.25, 0.3) is 5.91 Å². The number of imide groups is 1. The molecule has 2 amide bonds. The van der Waals surface area contributed by atoms with Crippen LogP contribution in [0.15, 0.2) is 48.5 Å². The number of para-hydroxylation sites is 2. The number of thiazole rings is 1. The summed E-state index contributed by atoms with van der Waals surface area (Å²) in [6.07, 6.45) is 2.36. The number of benzene rings is 2.